The summed E-state index contributed by atoms with van der Waals surface area (Å²) in [6, 6.07) is 0. The van der Waals surface area contributed by atoms with E-state index < -0.39 is 0 Å². The molecule has 0 amide bonds. The van der Waals surface area contributed by atoms with Crippen LogP contribution in [0.4, 0.5) is 0 Å². The largest absolute Gasteiger partial charge is 0.255 e. The first-order chi connectivity index (χ1) is 4.20. The van der Waals surface area contributed by atoms with E-state index in [-0.39, 0.29) is 0 Å². The molecule has 0 bridgehead atoms. The predicted molar refractivity (Wildman–Crippen MR) is 36.9 cm³/mol. The minimum atomic E-state index is 0.525. The molecule has 0 aliphatic heterocycles. The fraction of sp³-hybridized carbons (Fsp3) is 0.667. The van der Waals surface area contributed by atoms with Crippen LogP contribution < -0.4 is 0 Å². The molecule has 0 rings (SSSR count). The Bertz CT molecular complexity index is 90.5. The molecule has 52 valence electrons. The van der Waals surface area contributed by atoms with Gasteiger partial charge in [-0.15, -0.1) is 0 Å². The zero-order valence-electron chi connectivity index (χ0n) is 5.96. The predicted octanol–water partition coefficient (Wildman–Crippen LogP) is 2.03. The zero-order chi connectivity index (χ0) is 7.28. The van der Waals surface area contributed by atoms with Crippen molar-refractivity contribution in [2.45, 2.75) is 13.8 Å². The fourth-order valence-corrected chi connectivity index (χ4v) is 0.530. The third kappa shape index (κ3) is 3.70. The Hall–Kier alpha value is -0.860. The monoisotopic (exact) mass is 127 g/mol. The van der Waals surface area contributed by atoms with Crippen LogP contribution in [0.2, 0.25) is 0 Å². The van der Waals surface area contributed by atoms with Gasteiger partial charge in [-0.2, -0.15) is 5.53 Å². The minimum Gasteiger partial charge on any atom is -0.255 e. The van der Waals surface area contributed by atoms with Gasteiger partial charge in [-0.3, -0.25) is 5.01 Å². The summed E-state index contributed by atoms with van der Waals surface area (Å²) in [6.45, 7) is 8.41. The molecule has 0 aromatic heterocycles. The van der Waals surface area contributed by atoms with Crippen LogP contribution in [0, 0.1) is 11.4 Å². The summed E-state index contributed by atoms with van der Waals surface area (Å²) in [5.74, 6) is 0.525. The Morgan fingerprint density at radius 1 is 1.78 bits per heavy atom. The van der Waals surface area contributed by atoms with Gasteiger partial charge in [-0.1, -0.05) is 25.6 Å². The van der Waals surface area contributed by atoms with Crippen molar-refractivity contribution in [2.24, 2.45) is 11.1 Å². The molecule has 3 heteroatoms. The molecule has 0 heterocycles. The maximum atomic E-state index is 6.63. The first-order valence-corrected chi connectivity index (χ1v) is 2.97. The van der Waals surface area contributed by atoms with E-state index in [0.29, 0.717) is 5.92 Å². The molecule has 0 aromatic rings. The molecule has 0 radical (unpaired) electrons. The van der Waals surface area contributed by atoms with Crippen LogP contribution in [-0.4, -0.2) is 11.6 Å². The molecule has 0 unspecified atom stereocenters. The van der Waals surface area contributed by atoms with Crippen LogP contribution in [0.25, 0.3) is 0 Å². The number of hydrogen-bond acceptors (Lipinski definition) is 2. The highest BCUT2D eigenvalue weighted by Gasteiger charge is 1.97. The van der Waals surface area contributed by atoms with E-state index in [1.807, 2.05) is 0 Å². The van der Waals surface area contributed by atoms with Crippen molar-refractivity contribution >= 4 is 0 Å². The molecule has 0 saturated carbocycles. The molecule has 1 N–H and O–H groups in total. The first kappa shape index (κ1) is 8.14. The highest BCUT2D eigenvalue weighted by Crippen LogP contribution is 1.97. The van der Waals surface area contributed by atoms with Gasteiger partial charge in [0.25, 0.3) is 0 Å². The summed E-state index contributed by atoms with van der Waals surface area (Å²) in [4.78, 5) is 0. The Morgan fingerprint density at radius 3 is 2.44 bits per heavy atom. The van der Waals surface area contributed by atoms with Crippen molar-refractivity contribution in [1.29, 1.82) is 5.53 Å². The molecule has 0 aliphatic carbocycles. The van der Waals surface area contributed by atoms with Crippen LogP contribution in [-0.2, 0) is 0 Å². The van der Waals surface area contributed by atoms with Gasteiger partial charge < -0.3 is 0 Å². The fourth-order valence-electron chi connectivity index (χ4n) is 0.530. The summed E-state index contributed by atoms with van der Waals surface area (Å²) >= 11 is 0. The highest BCUT2D eigenvalue weighted by atomic mass is 15.5. The van der Waals surface area contributed by atoms with Crippen LogP contribution >= 0.6 is 0 Å². The first-order valence-electron chi connectivity index (χ1n) is 2.97. The van der Waals surface area contributed by atoms with Crippen molar-refractivity contribution in [3.8, 4) is 0 Å². The SMILES string of the molecule is C=CN(CC(C)C)N=N. The lowest BCUT2D eigenvalue weighted by atomic mass is 10.2. The number of nitrogens with one attached hydrogen (secondary N) is 1. The molecule has 0 atom stereocenters. The molecular formula is C6H13N3. The van der Waals surface area contributed by atoms with Crippen molar-refractivity contribution < 1.29 is 0 Å². The summed E-state index contributed by atoms with van der Waals surface area (Å²) in [6.07, 6.45) is 1.55. The van der Waals surface area contributed by atoms with E-state index in [0.717, 1.165) is 6.54 Å². The lowest BCUT2D eigenvalue weighted by molar-refractivity contribution is 0.319. The highest BCUT2D eigenvalue weighted by molar-refractivity contribution is 4.65. The molecule has 0 aromatic carbocycles. The third-order valence-corrected chi connectivity index (χ3v) is 0.891. The van der Waals surface area contributed by atoms with Gasteiger partial charge in [0, 0.05) is 12.7 Å². The molecule has 0 saturated heterocycles. The quantitative estimate of drug-likeness (QED) is 0.455. The molecule has 0 aliphatic rings. The molecule has 0 spiro atoms. The maximum absolute atomic E-state index is 6.63. The van der Waals surface area contributed by atoms with Gasteiger partial charge in [-0.25, -0.2) is 0 Å². The number of hydrogen-bond donors (Lipinski definition) is 1. The van der Waals surface area contributed by atoms with E-state index in [1.54, 1.807) is 6.20 Å². The van der Waals surface area contributed by atoms with Crippen LogP contribution in [0.1, 0.15) is 13.8 Å². The van der Waals surface area contributed by atoms with Crippen LogP contribution in [0.15, 0.2) is 18.0 Å². The van der Waals surface area contributed by atoms with Crippen molar-refractivity contribution in [3.63, 3.8) is 0 Å². The van der Waals surface area contributed by atoms with Crippen LogP contribution in [0.3, 0.4) is 0 Å². The number of rotatable bonds is 4. The second-order valence-electron chi connectivity index (χ2n) is 2.30. The standard InChI is InChI=1S/C6H13N3/c1-4-9(8-7)5-6(2)3/h4,6-7H,1,5H2,2-3H3. The second-order valence-corrected chi connectivity index (χ2v) is 2.30. The van der Waals surface area contributed by atoms with Gasteiger partial charge in [0.2, 0.25) is 0 Å². The Labute approximate surface area is 55.8 Å². The summed E-state index contributed by atoms with van der Waals surface area (Å²) < 4.78 is 0. The lowest BCUT2D eigenvalue weighted by Crippen LogP contribution is -2.14. The summed E-state index contributed by atoms with van der Waals surface area (Å²) in [5, 5.41) is 4.72. The molecule has 9 heavy (non-hydrogen) atoms. The van der Waals surface area contributed by atoms with E-state index in [2.05, 4.69) is 25.6 Å². The summed E-state index contributed by atoms with van der Waals surface area (Å²) in [7, 11) is 0. The normalized spacial score (nSPS) is 9.22. The average Bonchev–Trinajstić information content (AvgIpc) is 1.82. The summed E-state index contributed by atoms with van der Waals surface area (Å²) in [5.41, 5.74) is 6.63. The Morgan fingerprint density at radius 2 is 2.33 bits per heavy atom. The number of nitrogens with zero attached hydrogens (tertiary/aromatic N) is 2. The van der Waals surface area contributed by atoms with E-state index in [1.165, 1.54) is 5.01 Å². The minimum absolute atomic E-state index is 0.525. The second kappa shape index (κ2) is 4.06. The van der Waals surface area contributed by atoms with Gasteiger partial charge >= 0.3 is 0 Å². The maximum Gasteiger partial charge on any atom is 0.0448 e. The molecular weight excluding hydrogens is 114 g/mol. The van der Waals surface area contributed by atoms with Gasteiger partial charge in [0.1, 0.15) is 0 Å². The van der Waals surface area contributed by atoms with E-state index in [9.17, 15) is 0 Å². The smallest absolute Gasteiger partial charge is 0.0448 e. The van der Waals surface area contributed by atoms with Crippen molar-refractivity contribution in [2.75, 3.05) is 6.54 Å². The van der Waals surface area contributed by atoms with Gasteiger partial charge in [-0.05, 0) is 5.92 Å². The topological polar surface area (TPSA) is 39.5 Å². The van der Waals surface area contributed by atoms with E-state index in [4.69, 9.17) is 5.53 Å². The Kier molecular flexibility index (Phi) is 3.67. The molecule has 3 nitrogen and oxygen atoms in total. The van der Waals surface area contributed by atoms with Crippen LogP contribution in [0.5, 0.6) is 0 Å². The van der Waals surface area contributed by atoms with Gasteiger partial charge in [0.15, 0.2) is 0 Å². The lowest BCUT2D eigenvalue weighted by Gasteiger charge is -2.12. The molecule has 0 fully saturated rings. The van der Waals surface area contributed by atoms with Crippen molar-refractivity contribution in [1.82, 2.24) is 5.01 Å². The zero-order valence-corrected chi connectivity index (χ0v) is 5.96. The van der Waals surface area contributed by atoms with Gasteiger partial charge in [0.05, 0.1) is 0 Å². The third-order valence-electron chi connectivity index (χ3n) is 0.891. The van der Waals surface area contributed by atoms with Crippen molar-refractivity contribution in [3.05, 3.63) is 12.8 Å². The Balaban J connectivity index is 3.55. The average molecular weight is 127 g/mol. The van der Waals surface area contributed by atoms with E-state index >= 15 is 0 Å².